The molecule has 0 spiro atoms. The van der Waals surface area contributed by atoms with E-state index in [0.29, 0.717) is 4.83 Å². The quantitative estimate of drug-likeness (QED) is 0.585. The molecule has 1 unspecified atom stereocenters. The molecule has 0 saturated heterocycles. The zero-order valence-corrected chi connectivity index (χ0v) is 13.8. The Balaban J connectivity index is 2.79. The van der Waals surface area contributed by atoms with Crippen LogP contribution in [-0.2, 0) is 6.42 Å². The van der Waals surface area contributed by atoms with Crippen LogP contribution in [-0.4, -0.2) is 4.83 Å². The third-order valence-corrected chi connectivity index (χ3v) is 3.69. The van der Waals surface area contributed by atoms with Gasteiger partial charge in [0.15, 0.2) is 0 Å². The van der Waals surface area contributed by atoms with Crippen LogP contribution in [0, 0.1) is 5.41 Å². The minimum atomic E-state index is 0.264. The molecule has 1 aromatic rings. The first-order chi connectivity index (χ1) is 7.30. The Morgan fingerprint density at radius 2 is 2.00 bits per heavy atom. The van der Waals surface area contributed by atoms with Crippen molar-refractivity contribution in [3.63, 3.8) is 0 Å². The number of benzene rings is 1. The van der Waals surface area contributed by atoms with Crippen LogP contribution >= 0.6 is 43.5 Å². The van der Waals surface area contributed by atoms with Gasteiger partial charge in [-0.3, -0.25) is 0 Å². The smallest absolute Gasteiger partial charge is 0.0449 e. The van der Waals surface area contributed by atoms with Gasteiger partial charge < -0.3 is 0 Å². The molecule has 0 radical (unpaired) electrons. The summed E-state index contributed by atoms with van der Waals surface area (Å²) in [4.78, 5) is 0.539. The first kappa shape index (κ1) is 14.5. The Labute approximate surface area is 120 Å². The summed E-state index contributed by atoms with van der Waals surface area (Å²) in [5.74, 6) is 0. The van der Waals surface area contributed by atoms with E-state index in [9.17, 15) is 0 Å². The van der Waals surface area contributed by atoms with Gasteiger partial charge >= 0.3 is 0 Å². The van der Waals surface area contributed by atoms with Crippen LogP contribution in [0.15, 0.2) is 22.7 Å². The van der Waals surface area contributed by atoms with Crippen molar-refractivity contribution in [2.24, 2.45) is 5.41 Å². The van der Waals surface area contributed by atoms with Gasteiger partial charge in [-0.25, -0.2) is 0 Å². The highest BCUT2D eigenvalue weighted by Gasteiger charge is 2.21. The van der Waals surface area contributed by atoms with Gasteiger partial charge in [-0.1, -0.05) is 70.3 Å². The molecule has 0 nitrogen and oxygen atoms in total. The second-order valence-electron chi connectivity index (χ2n) is 5.06. The molecule has 0 aliphatic rings. The fraction of sp³-hybridized carbons (Fsp3) is 0.538. The maximum absolute atomic E-state index is 6.23. The highest BCUT2D eigenvalue weighted by Crippen LogP contribution is 2.33. The third-order valence-electron chi connectivity index (χ3n) is 2.52. The van der Waals surface area contributed by atoms with E-state index in [1.54, 1.807) is 0 Å². The SMILES string of the molecule is CC(Br)CC(C)(C)Cc1ccc(Br)cc1Cl. The summed E-state index contributed by atoms with van der Waals surface area (Å²) in [5.41, 5.74) is 1.49. The van der Waals surface area contributed by atoms with Crippen molar-refractivity contribution in [1.29, 1.82) is 0 Å². The van der Waals surface area contributed by atoms with E-state index in [2.05, 4.69) is 64.8 Å². The topological polar surface area (TPSA) is 0 Å². The van der Waals surface area contributed by atoms with E-state index in [4.69, 9.17) is 11.6 Å². The molecular formula is C13H17Br2Cl. The lowest BCUT2D eigenvalue weighted by molar-refractivity contribution is 0.335. The van der Waals surface area contributed by atoms with Crippen molar-refractivity contribution >= 4 is 43.5 Å². The third kappa shape index (κ3) is 4.77. The maximum atomic E-state index is 6.23. The fourth-order valence-corrected chi connectivity index (χ4v) is 3.63. The Morgan fingerprint density at radius 3 is 2.50 bits per heavy atom. The average molecular weight is 369 g/mol. The predicted octanol–water partition coefficient (Wildman–Crippen LogP) is 5.84. The lowest BCUT2D eigenvalue weighted by Crippen LogP contribution is -2.18. The highest BCUT2D eigenvalue weighted by atomic mass is 79.9. The zero-order valence-electron chi connectivity index (χ0n) is 9.86. The summed E-state index contributed by atoms with van der Waals surface area (Å²) < 4.78 is 1.04. The van der Waals surface area contributed by atoms with Crippen molar-refractivity contribution in [3.8, 4) is 0 Å². The summed E-state index contributed by atoms with van der Waals surface area (Å²) in [5, 5.41) is 0.852. The van der Waals surface area contributed by atoms with Gasteiger partial charge in [0.25, 0.3) is 0 Å². The van der Waals surface area contributed by atoms with E-state index >= 15 is 0 Å². The van der Waals surface area contributed by atoms with Gasteiger partial charge in [0, 0.05) is 14.3 Å². The van der Waals surface area contributed by atoms with Gasteiger partial charge in [0.1, 0.15) is 0 Å². The van der Waals surface area contributed by atoms with Crippen molar-refractivity contribution in [2.45, 2.75) is 38.4 Å². The highest BCUT2D eigenvalue weighted by molar-refractivity contribution is 9.10. The monoisotopic (exact) mass is 366 g/mol. The molecule has 0 N–H and O–H groups in total. The lowest BCUT2D eigenvalue weighted by atomic mass is 9.82. The Morgan fingerprint density at radius 1 is 1.38 bits per heavy atom. The van der Waals surface area contributed by atoms with E-state index in [1.807, 2.05) is 6.07 Å². The van der Waals surface area contributed by atoms with Crippen LogP contribution in [0.25, 0.3) is 0 Å². The van der Waals surface area contributed by atoms with Crippen LogP contribution in [0.3, 0.4) is 0 Å². The molecule has 0 saturated carbocycles. The second-order valence-corrected chi connectivity index (χ2v) is 7.95. The van der Waals surface area contributed by atoms with Gasteiger partial charge in [0.05, 0.1) is 0 Å². The van der Waals surface area contributed by atoms with Gasteiger partial charge in [-0.2, -0.15) is 0 Å². The lowest BCUT2D eigenvalue weighted by Gasteiger charge is -2.26. The summed E-state index contributed by atoms with van der Waals surface area (Å²) in [7, 11) is 0. The second kappa shape index (κ2) is 5.88. The first-order valence-corrected chi connectivity index (χ1v) is 7.47. The van der Waals surface area contributed by atoms with Crippen LogP contribution in [0.2, 0.25) is 5.02 Å². The summed E-state index contributed by atoms with van der Waals surface area (Å²) >= 11 is 13.3. The molecule has 90 valence electrons. The van der Waals surface area contributed by atoms with Crippen molar-refractivity contribution in [3.05, 3.63) is 33.3 Å². The largest absolute Gasteiger partial charge is 0.0893 e. The van der Waals surface area contributed by atoms with E-state index in [1.165, 1.54) is 5.56 Å². The van der Waals surface area contributed by atoms with Crippen LogP contribution in [0.4, 0.5) is 0 Å². The van der Waals surface area contributed by atoms with Crippen LogP contribution < -0.4 is 0 Å². The summed E-state index contributed by atoms with van der Waals surface area (Å²) in [6, 6.07) is 6.12. The van der Waals surface area contributed by atoms with Gasteiger partial charge in [-0.05, 0) is 36.0 Å². The molecule has 3 heteroatoms. The molecule has 0 amide bonds. The fourth-order valence-electron chi connectivity index (χ4n) is 2.01. The minimum Gasteiger partial charge on any atom is -0.0893 e. The molecule has 0 heterocycles. The molecular weight excluding hydrogens is 351 g/mol. The average Bonchev–Trinajstić information content (AvgIpc) is 2.07. The summed E-state index contributed by atoms with van der Waals surface area (Å²) in [6.07, 6.45) is 2.15. The van der Waals surface area contributed by atoms with Crippen molar-refractivity contribution in [1.82, 2.24) is 0 Å². The van der Waals surface area contributed by atoms with E-state index in [0.717, 1.165) is 22.3 Å². The van der Waals surface area contributed by atoms with E-state index < -0.39 is 0 Å². The number of rotatable bonds is 4. The minimum absolute atomic E-state index is 0.264. The molecule has 1 atom stereocenters. The Kier molecular flexibility index (Phi) is 5.34. The number of halogens is 3. The molecule has 1 aromatic carbocycles. The number of hydrogen-bond donors (Lipinski definition) is 0. The number of alkyl halides is 1. The van der Waals surface area contributed by atoms with Gasteiger partial charge in [0.2, 0.25) is 0 Å². The van der Waals surface area contributed by atoms with Crippen LogP contribution in [0.5, 0.6) is 0 Å². The molecule has 1 rings (SSSR count). The molecule has 0 aromatic heterocycles. The van der Waals surface area contributed by atoms with Gasteiger partial charge in [-0.15, -0.1) is 0 Å². The normalized spacial score (nSPS) is 13.9. The first-order valence-electron chi connectivity index (χ1n) is 5.38. The van der Waals surface area contributed by atoms with Crippen LogP contribution in [0.1, 0.15) is 32.8 Å². The predicted molar refractivity (Wildman–Crippen MR) is 79.6 cm³/mol. The Hall–Kier alpha value is 0.470. The standard InChI is InChI=1S/C13H17Br2Cl/c1-9(14)7-13(2,3)8-10-4-5-11(15)6-12(10)16/h4-6,9H,7-8H2,1-3H3. The molecule has 0 aliphatic carbocycles. The molecule has 0 aliphatic heterocycles. The molecule has 0 fully saturated rings. The summed E-state index contributed by atoms with van der Waals surface area (Å²) in [6.45, 7) is 6.75. The maximum Gasteiger partial charge on any atom is 0.0449 e. The number of hydrogen-bond acceptors (Lipinski definition) is 0. The van der Waals surface area contributed by atoms with Crippen molar-refractivity contribution in [2.75, 3.05) is 0 Å². The van der Waals surface area contributed by atoms with Crippen molar-refractivity contribution < 1.29 is 0 Å². The van der Waals surface area contributed by atoms with E-state index in [-0.39, 0.29) is 5.41 Å². The zero-order chi connectivity index (χ0) is 12.3. The molecule has 0 bridgehead atoms. The molecule has 16 heavy (non-hydrogen) atoms. The Bertz CT molecular complexity index is 359.